The van der Waals surface area contributed by atoms with E-state index in [0.717, 1.165) is 18.4 Å². The molecule has 1 heterocycles. The topological polar surface area (TPSA) is 94.6 Å². The number of rotatable bonds is 6. The highest BCUT2D eigenvalue weighted by atomic mass is 32.2. The molecule has 9 heteroatoms. The second-order valence-corrected chi connectivity index (χ2v) is 6.47. The lowest BCUT2D eigenvalue weighted by molar-refractivity contribution is 0.0588. The predicted octanol–water partition coefficient (Wildman–Crippen LogP) is 0.796. The van der Waals surface area contributed by atoms with E-state index in [9.17, 15) is 13.2 Å². The van der Waals surface area contributed by atoms with Crippen LogP contribution < -0.4 is 4.89 Å². The van der Waals surface area contributed by atoms with E-state index in [0.29, 0.717) is 0 Å². The minimum atomic E-state index is -3.92. The molecular formula is C9H14N2O5S2. The van der Waals surface area contributed by atoms with E-state index in [1.807, 2.05) is 18.7 Å². The molecule has 7 nitrogen and oxygen atoms in total. The van der Waals surface area contributed by atoms with Gasteiger partial charge in [-0.05, 0) is 5.92 Å². The van der Waals surface area contributed by atoms with Crippen molar-refractivity contribution in [2.45, 2.75) is 18.1 Å². The van der Waals surface area contributed by atoms with Crippen LogP contribution in [-0.4, -0.2) is 33.1 Å². The SMILES string of the molecule is COC(=O)c1ncsc1S(=O)(=O)NOCC(C)C. The highest BCUT2D eigenvalue weighted by Crippen LogP contribution is 2.20. The van der Waals surface area contributed by atoms with Gasteiger partial charge in [0.05, 0.1) is 19.2 Å². The highest BCUT2D eigenvalue weighted by Gasteiger charge is 2.26. The highest BCUT2D eigenvalue weighted by molar-refractivity contribution is 7.91. The average molecular weight is 294 g/mol. The number of methoxy groups -OCH3 is 1. The van der Waals surface area contributed by atoms with Crippen molar-refractivity contribution >= 4 is 27.3 Å². The van der Waals surface area contributed by atoms with Crippen molar-refractivity contribution < 1.29 is 22.8 Å². The third kappa shape index (κ3) is 3.73. The Hall–Kier alpha value is -1.03. The molecule has 0 bridgehead atoms. The molecule has 1 rings (SSSR count). The molecule has 1 N–H and O–H groups in total. The van der Waals surface area contributed by atoms with E-state index in [1.165, 1.54) is 5.51 Å². The Morgan fingerprint density at radius 2 is 2.22 bits per heavy atom. The van der Waals surface area contributed by atoms with Gasteiger partial charge in [-0.3, -0.25) is 4.84 Å². The molecule has 0 saturated carbocycles. The first kappa shape index (κ1) is 15.0. The maximum Gasteiger partial charge on any atom is 0.358 e. The first-order chi connectivity index (χ1) is 8.38. The van der Waals surface area contributed by atoms with E-state index in [2.05, 4.69) is 9.72 Å². The molecule has 0 aromatic carbocycles. The standard InChI is InChI=1S/C9H14N2O5S2/c1-6(2)4-16-11-18(13,14)9-7(8(12)15-3)10-5-17-9/h5-6,11H,4H2,1-3H3. The fourth-order valence-corrected chi connectivity index (χ4v) is 2.90. The number of esters is 1. The predicted molar refractivity (Wildman–Crippen MR) is 64.6 cm³/mol. The molecule has 0 amide bonds. The summed E-state index contributed by atoms with van der Waals surface area (Å²) in [4.78, 5) is 21.8. The molecule has 1 aromatic heterocycles. The van der Waals surface area contributed by atoms with Crippen molar-refractivity contribution in [2.24, 2.45) is 5.92 Å². The Morgan fingerprint density at radius 3 is 2.78 bits per heavy atom. The van der Waals surface area contributed by atoms with E-state index in [-0.39, 0.29) is 22.4 Å². The molecule has 0 aliphatic rings. The number of ether oxygens (including phenoxy) is 1. The summed E-state index contributed by atoms with van der Waals surface area (Å²) in [5.74, 6) is -0.630. The molecule has 0 aliphatic heterocycles. The van der Waals surface area contributed by atoms with Gasteiger partial charge < -0.3 is 4.74 Å². The summed E-state index contributed by atoms with van der Waals surface area (Å²) in [6, 6.07) is 0. The Bertz CT molecular complexity index is 509. The quantitative estimate of drug-likeness (QED) is 0.616. The number of hydrogen-bond acceptors (Lipinski definition) is 7. The fraction of sp³-hybridized carbons (Fsp3) is 0.556. The Kier molecular flexibility index (Phi) is 5.20. The Labute approximate surface area is 109 Å². The van der Waals surface area contributed by atoms with Crippen LogP contribution in [0.4, 0.5) is 0 Å². The average Bonchev–Trinajstić information content (AvgIpc) is 2.76. The lowest BCUT2D eigenvalue weighted by atomic mass is 10.2. The summed E-state index contributed by atoms with van der Waals surface area (Å²) in [5, 5.41) is 0. The van der Waals surface area contributed by atoms with Crippen molar-refractivity contribution in [3.05, 3.63) is 11.2 Å². The number of nitrogens with zero attached hydrogens (tertiary/aromatic N) is 1. The van der Waals surface area contributed by atoms with Gasteiger partial charge in [0.2, 0.25) is 0 Å². The minimum absolute atomic E-state index is 0.175. The van der Waals surface area contributed by atoms with Crippen molar-refractivity contribution in [1.82, 2.24) is 9.87 Å². The molecule has 1 aromatic rings. The van der Waals surface area contributed by atoms with Gasteiger partial charge in [-0.2, -0.15) is 0 Å². The third-order valence-corrected chi connectivity index (χ3v) is 4.33. The zero-order valence-electron chi connectivity index (χ0n) is 10.2. The van der Waals surface area contributed by atoms with Crippen molar-refractivity contribution in [2.75, 3.05) is 13.7 Å². The van der Waals surface area contributed by atoms with Crippen molar-refractivity contribution in [3.8, 4) is 0 Å². The largest absolute Gasteiger partial charge is 0.464 e. The second kappa shape index (κ2) is 6.23. The van der Waals surface area contributed by atoms with Gasteiger partial charge in [0.1, 0.15) is 0 Å². The number of thiazole rings is 1. The molecule has 0 aliphatic carbocycles. The van der Waals surface area contributed by atoms with Gasteiger partial charge >= 0.3 is 5.97 Å². The van der Waals surface area contributed by atoms with Crippen LogP contribution in [0.3, 0.4) is 0 Å². The summed E-state index contributed by atoms with van der Waals surface area (Å²) in [7, 11) is -2.76. The summed E-state index contributed by atoms with van der Waals surface area (Å²) in [6.45, 7) is 3.98. The lowest BCUT2D eigenvalue weighted by Crippen LogP contribution is -2.26. The van der Waals surface area contributed by atoms with Crippen LogP contribution in [0.1, 0.15) is 24.3 Å². The smallest absolute Gasteiger partial charge is 0.358 e. The maximum absolute atomic E-state index is 11.8. The van der Waals surface area contributed by atoms with Gasteiger partial charge in [-0.15, -0.1) is 11.3 Å². The molecule has 0 unspecified atom stereocenters. The van der Waals surface area contributed by atoms with E-state index >= 15 is 0 Å². The summed E-state index contributed by atoms with van der Waals surface area (Å²) in [5.41, 5.74) is 1.01. The number of aromatic nitrogens is 1. The Balaban J connectivity index is 2.85. The normalized spacial score (nSPS) is 11.8. The monoisotopic (exact) mass is 294 g/mol. The van der Waals surface area contributed by atoms with Crippen LogP contribution in [0, 0.1) is 5.92 Å². The molecule has 0 spiro atoms. The van der Waals surface area contributed by atoms with Gasteiger partial charge in [-0.25, -0.2) is 18.2 Å². The van der Waals surface area contributed by atoms with Crippen LogP contribution in [0.5, 0.6) is 0 Å². The number of sulfonamides is 1. The lowest BCUT2D eigenvalue weighted by Gasteiger charge is -2.08. The van der Waals surface area contributed by atoms with Crippen LogP contribution >= 0.6 is 11.3 Å². The molecule has 18 heavy (non-hydrogen) atoms. The third-order valence-electron chi connectivity index (χ3n) is 1.74. The van der Waals surface area contributed by atoms with Crippen molar-refractivity contribution in [1.29, 1.82) is 0 Å². The fourth-order valence-electron chi connectivity index (χ4n) is 0.975. The molecule has 0 atom stereocenters. The maximum atomic E-state index is 11.8. The zero-order valence-corrected chi connectivity index (χ0v) is 11.8. The molecule has 0 radical (unpaired) electrons. The van der Waals surface area contributed by atoms with Crippen LogP contribution in [0.15, 0.2) is 9.72 Å². The summed E-state index contributed by atoms with van der Waals surface area (Å²) >= 11 is 0.817. The van der Waals surface area contributed by atoms with E-state index < -0.39 is 16.0 Å². The first-order valence-electron chi connectivity index (χ1n) is 5.04. The number of carbonyl (C=O) groups is 1. The molecule has 102 valence electrons. The van der Waals surface area contributed by atoms with Crippen LogP contribution in [0.25, 0.3) is 0 Å². The number of nitrogens with one attached hydrogen (secondary N) is 1. The van der Waals surface area contributed by atoms with Crippen LogP contribution in [0.2, 0.25) is 0 Å². The molecule has 0 fully saturated rings. The van der Waals surface area contributed by atoms with Crippen molar-refractivity contribution in [3.63, 3.8) is 0 Å². The molecule has 0 saturated heterocycles. The van der Waals surface area contributed by atoms with Gasteiger partial charge in [-0.1, -0.05) is 18.7 Å². The van der Waals surface area contributed by atoms with Gasteiger partial charge in [0.15, 0.2) is 9.90 Å². The Morgan fingerprint density at radius 1 is 1.56 bits per heavy atom. The number of hydrogen-bond donors (Lipinski definition) is 1. The first-order valence-corrected chi connectivity index (χ1v) is 7.40. The van der Waals surface area contributed by atoms with E-state index in [1.54, 1.807) is 0 Å². The van der Waals surface area contributed by atoms with Gasteiger partial charge in [0.25, 0.3) is 10.0 Å². The number of carbonyl (C=O) groups excluding carboxylic acids is 1. The van der Waals surface area contributed by atoms with E-state index in [4.69, 9.17) is 4.84 Å². The summed E-state index contributed by atoms with van der Waals surface area (Å²) < 4.78 is 27.9. The minimum Gasteiger partial charge on any atom is -0.464 e. The molecular weight excluding hydrogens is 280 g/mol. The zero-order chi connectivity index (χ0) is 13.8. The second-order valence-electron chi connectivity index (χ2n) is 3.77. The van der Waals surface area contributed by atoms with Crippen LogP contribution in [-0.2, 0) is 19.6 Å². The van der Waals surface area contributed by atoms with Gasteiger partial charge in [0, 0.05) is 0 Å². The summed E-state index contributed by atoms with van der Waals surface area (Å²) in [6.07, 6.45) is 0.